The molecule has 0 aliphatic carbocycles. The van der Waals surface area contributed by atoms with Crippen LogP contribution in [0.5, 0.6) is 0 Å². The molecule has 2 fully saturated rings. The Balaban J connectivity index is 2.12. The first-order chi connectivity index (χ1) is 14.5. The van der Waals surface area contributed by atoms with Crippen LogP contribution in [0.4, 0.5) is 5.69 Å². The van der Waals surface area contributed by atoms with Crippen molar-refractivity contribution >= 4 is 31.6 Å². The van der Waals surface area contributed by atoms with Gasteiger partial charge in [-0.3, -0.25) is 5.41 Å². The van der Waals surface area contributed by atoms with Crippen molar-refractivity contribution in [2.45, 2.75) is 34.8 Å². The van der Waals surface area contributed by atoms with E-state index in [4.69, 9.17) is 21.0 Å². The van der Waals surface area contributed by atoms with Crippen LogP contribution in [0.15, 0.2) is 21.9 Å². The summed E-state index contributed by atoms with van der Waals surface area (Å²) >= 11 is 0. The van der Waals surface area contributed by atoms with Gasteiger partial charge in [-0.1, -0.05) is 0 Å². The largest absolute Gasteiger partial charge is 0.396 e. The maximum atomic E-state index is 13.0. The standard InChI is InChI=1S/C17H28N6O6S2/c18-17(19)15-13(23-6-8-29-12(10-23)4-7-24)1-2-14(16(15)30(20,25)26)31(27,28)22-11-3-5-21-9-11/h1-2,11-12,21-22,24H,3-10H2,(H3,18,19)(H2,20,25,26)/t11-,12?/m1/s1. The second kappa shape index (κ2) is 9.36. The van der Waals surface area contributed by atoms with E-state index < -0.39 is 41.7 Å². The minimum Gasteiger partial charge on any atom is -0.396 e. The fraction of sp³-hybridized carbons (Fsp3) is 0.588. The zero-order valence-electron chi connectivity index (χ0n) is 16.9. The van der Waals surface area contributed by atoms with E-state index in [9.17, 15) is 21.9 Å². The summed E-state index contributed by atoms with van der Waals surface area (Å²) in [6, 6.07) is 2.20. The molecule has 0 aromatic heterocycles. The molecule has 0 radical (unpaired) electrons. The van der Waals surface area contributed by atoms with Crippen LogP contribution in [0.2, 0.25) is 0 Å². The van der Waals surface area contributed by atoms with Gasteiger partial charge < -0.3 is 25.8 Å². The molecule has 31 heavy (non-hydrogen) atoms. The number of primary sulfonamides is 1. The highest BCUT2D eigenvalue weighted by Crippen LogP contribution is 2.33. The molecule has 12 nitrogen and oxygen atoms in total. The lowest BCUT2D eigenvalue weighted by Gasteiger charge is -2.36. The summed E-state index contributed by atoms with van der Waals surface area (Å²) in [6.45, 7) is 1.95. The first kappa shape index (κ1) is 23.8. The molecule has 1 unspecified atom stereocenters. The van der Waals surface area contributed by atoms with Crippen LogP contribution in [-0.2, 0) is 24.8 Å². The molecule has 14 heteroatoms. The van der Waals surface area contributed by atoms with Crippen LogP contribution < -0.4 is 25.8 Å². The first-order valence-corrected chi connectivity index (χ1v) is 12.8. The minimum absolute atomic E-state index is 0.0840. The van der Waals surface area contributed by atoms with Crippen LogP contribution >= 0.6 is 0 Å². The highest BCUT2D eigenvalue weighted by Gasteiger charge is 2.34. The van der Waals surface area contributed by atoms with Gasteiger partial charge in [0, 0.05) is 38.0 Å². The second-order valence-corrected chi connectivity index (χ2v) is 10.7. The summed E-state index contributed by atoms with van der Waals surface area (Å²) in [6.07, 6.45) is 0.623. The number of sulfonamides is 2. The monoisotopic (exact) mass is 476 g/mol. The molecule has 0 saturated carbocycles. The van der Waals surface area contributed by atoms with Crippen LogP contribution in [0, 0.1) is 5.41 Å². The molecule has 2 heterocycles. The van der Waals surface area contributed by atoms with Gasteiger partial charge in [0.15, 0.2) is 0 Å². The Kier molecular flexibility index (Phi) is 7.20. The molecule has 0 amide bonds. The minimum atomic E-state index is -4.56. The lowest BCUT2D eigenvalue weighted by atomic mass is 10.1. The Morgan fingerprint density at radius 3 is 2.68 bits per heavy atom. The van der Waals surface area contributed by atoms with Crippen molar-refractivity contribution in [1.29, 1.82) is 5.41 Å². The average Bonchev–Trinajstić information content (AvgIpc) is 3.19. The number of amidine groups is 1. The number of benzene rings is 1. The van der Waals surface area contributed by atoms with Gasteiger partial charge >= 0.3 is 0 Å². The fourth-order valence-electron chi connectivity index (χ4n) is 3.87. The molecule has 3 rings (SSSR count). The van der Waals surface area contributed by atoms with Gasteiger partial charge in [-0.25, -0.2) is 26.7 Å². The number of nitrogens with zero attached hydrogens (tertiary/aromatic N) is 1. The molecule has 1 aromatic rings. The van der Waals surface area contributed by atoms with E-state index in [-0.39, 0.29) is 24.0 Å². The molecule has 2 aliphatic heterocycles. The summed E-state index contributed by atoms with van der Waals surface area (Å²) in [7, 11) is -8.82. The molecule has 0 bridgehead atoms. The van der Waals surface area contributed by atoms with Gasteiger partial charge in [0.25, 0.3) is 0 Å². The number of aliphatic hydroxyl groups is 1. The van der Waals surface area contributed by atoms with E-state index >= 15 is 0 Å². The van der Waals surface area contributed by atoms with Crippen molar-refractivity contribution in [2.75, 3.05) is 44.3 Å². The molecule has 1 aromatic carbocycles. The Morgan fingerprint density at radius 2 is 2.10 bits per heavy atom. The van der Waals surface area contributed by atoms with E-state index in [1.807, 2.05) is 0 Å². The molecule has 2 atom stereocenters. The van der Waals surface area contributed by atoms with Crippen LogP contribution in [-0.4, -0.2) is 79.3 Å². The Bertz CT molecular complexity index is 1040. The van der Waals surface area contributed by atoms with E-state index in [1.165, 1.54) is 12.1 Å². The third-order valence-electron chi connectivity index (χ3n) is 5.26. The number of anilines is 1. The predicted molar refractivity (Wildman–Crippen MR) is 114 cm³/mol. The van der Waals surface area contributed by atoms with Crippen molar-refractivity contribution in [3.05, 3.63) is 17.7 Å². The van der Waals surface area contributed by atoms with Crippen molar-refractivity contribution < 1.29 is 26.7 Å². The quantitative estimate of drug-likeness (QED) is 0.179. The molecule has 0 spiro atoms. The Labute approximate surface area is 181 Å². The van der Waals surface area contributed by atoms with Crippen LogP contribution in [0.3, 0.4) is 0 Å². The van der Waals surface area contributed by atoms with Gasteiger partial charge in [-0.15, -0.1) is 0 Å². The summed E-state index contributed by atoms with van der Waals surface area (Å²) < 4.78 is 59.1. The van der Waals surface area contributed by atoms with E-state index in [1.54, 1.807) is 4.90 Å². The van der Waals surface area contributed by atoms with E-state index in [2.05, 4.69) is 10.0 Å². The van der Waals surface area contributed by atoms with E-state index in [0.29, 0.717) is 45.6 Å². The third kappa shape index (κ3) is 5.34. The Hall–Kier alpha value is -1.81. The third-order valence-corrected chi connectivity index (χ3v) is 7.94. The number of morpholine rings is 1. The summed E-state index contributed by atoms with van der Waals surface area (Å²) in [5.74, 6) is -0.621. The highest BCUT2D eigenvalue weighted by molar-refractivity contribution is 7.92. The van der Waals surface area contributed by atoms with E-state index in [0.717, 1.165) is 0 Å². The van der Waals surface area contributed by atoms with Crippen molar-refractivity contribution in [3.8, 4) is 0 Å². The zero-order chi connectivity index (χ0) is 22.8. The predicted octanol–water partition coefficient (Wildman–Crippen LogP) is -2.15. The normalized spacial score (nSPS) is 22.6. The van der Waals surface area contributed by atoms with Crippen molar-refractivity contribution in [1.82, 2.24) is 10.0 Å². The molecule has 174 valence electrons. The first-order valence-electron chi connectivity index (χ1n) is 9.79. The zero-order valence-corrected chi connectivity index (χ0v) is 18.5. The highest BCUT2D eigenvalue weighted by atomic mass is 32.2. The smallest absolute Gasteiger partial charge is 0.242 e. The number of nitrogens with two attached hydrogens (primary N) is 2. The molecular weight excluding hydrogens is 448 g/mol. The molecule has 2 saturated heterocycles. The topological polar surface area (TPSA) is 201 Å². The lowest BCUT2D eigenvalue weighted by Crippen LogP contribution is -2.44. The second-order valence-electron chi connectivity index (χ2n) is 7.51. The number of nitrogen functional groups attached to an aromatic ring is 1. The van der Waals surface area contributed by atoms with Crippen LogP contribution in [0.1, 0.15) is 18.4 Å². The summed E-state index contributed by atoms with van der Waals surface area (Å²) in [5, 5.41) is 25.6. The van der Waals surface area contributed by atoms with Gasteiger partial charge in [-0.05, 0) is 31.5 Å². The Morgan fingerprint density at radius 1 is 1.35 bits per heavy atom. The number of ether oxygens (including phenoxy) is 1. The fourth-order valence-corrected chi connectivity index (χ4v) is 6.75. The number of aliphatic hydroxyl groups excluding tert-OH is 1. The maximum Gasteiger partial charge on any atom is 0.242 e. The maximum absolute atomic E-state index is 13.0. The number of hydrogen-bond donors (Lipinski definition) is 6. The SMILES string of the molecule is N=C(N)c1c(N2CCOC(CCO)C2)ccc(S(=O)(=O)N[C@@H]2CCNC2)c1S(N)(=O)=O. The molecular formula is C17H28N6O6S2. The average molecular weight is 477 g/mol. The summed E-state index contributed by atoms with van der Waals surface area (Å²) in [5.41, 5.74) is 5.73. The van der Waals surface area contributed by atoms with Gasteiger partial charge in [0.1, 0.15) is 15.6 Å². The molecule has 8 N–H and O–H groups in total. The van der Waals surface area contributed by atoms with Crippen LogP contribution in [0.25, 0.3) is 0 Å². The number of rotatable bonds is 8. The van der Waals surface area contributed by atoms with Crippen molar-refractivity contribution in [3.63, 3.8) is 0 Å². The van der Waals surface area contributed by atoms with Gasteiger partial charge in [0.05, 0.1) is 18.3 Å². The summed E-state index contributed by atoms with van der Waals surface area (Å²) in [4.78, 5) is 0.497. The number of nitrogens with one attached hydrogen (secondary N) is 3. The number of hydrogen-bond acceptors (Lipinski definition) is 9. The van der Waals surface area contributed by atoms with Crippen molar-refractivity contribution in [2.24, 2.45) is 10.9 Å². The van der Waals surface area contributed by atoms with Gasteiger partial charge in [-0.2, -0.15) is 0 Å². The van der Waals surface area contributed by atoms with Gasteiger partial charge in [0.2, 0.25) is 20.0 Å². The lowest BCUT2D eigenvalue weighted by molar-refractivity contribution is 0.0247. The molecule has 2 aliphatic rings.